The van der Waals surface area contributed by atoms with E-state index in [4.69, 9.17) is 4.74 Å². The van der Waals surface area contributed by atoms with Crippen molar-refractivity contribution in [1.82, 2.24) is 10.2 Å². The number of hydrogen-bond donors (Lipinski definition) is 2. The number of β-lactam (4-membered cyclic amide) rings is 1. The summed E-state index contributed by atoms with van der Waals surface area (Å²) < 4.78 is 5.13. The van der Waals surface area contributed by atoms with Crippen molar-refractivity contribution in [3.63, 3.8) is 0 Å². The highest BCUT2D eigenvalue weighted by molar-refractivity contribution is 8.00. The molecule has 0 saturated carbocycles. The third-order valence-electron chi connectivity index (χ3n) is 4.10. The monoisotopic (exact) mass is 348 g/mol. The van der Waals surface area contributed by atoms with E-state index >= 15 is 0 Å². The minimum absolute atomic E-state index is 0.192. The number of carbonyl (C=O) groups excluding carboxylic acids is 2. The average molecular weight is 348 g/mol. The van der Waals surface area contributed by atoms with Gasteiger partial charge in [-0.05, 0) is 0 Å². The molecule has 2 unspecified atom stereocenters. The molecule has 24 heavy (non-hydrogen) atoms. The number of ether oxygens (including phenoxy) is 1. The highest BCUT2D eigenvalue weighted by Crippen LogP contribution is 2.35. The van der Waals surface area contributed by atoms with Gasteiger partial charge in [-0.15, -0.1) is 11.8 Å². The summed E-state index contributed by atoms with van der Waals surface area (Å²) in [4.78, 5) is 38.2. The topological polar surface area (TPSA) is 95.9 Å². The minimum Gasteiger partial charge on any atom is -0.478 e. The molecule has 1 fully saturated rings. The fourth-order valence-electron chi connectivity index (χ4n) is 2.83. The van der Waals surface area contributed by atoms with Crippen LogP contribution in [0.4, 0.5) is 0 Å². The van der Waals surface area contributed by atoms with E-state index in [0.29, 0.717) is 0 Å². The van der Waals surface area contributed by atoms with Gasteiger partial charge in [0.25, 0.3) is 17.4 Å². The molecule has 3 rings (SSSR count). The lowest BCUT2D eigenvalue weighted by Crippen LogP contribution is -2.70. The Morgan fingerprint density at radius 3 is 2.71 bits per heavy atom. The van der Waals surface area contributed by atoms with Crippen LogP contribution in [0.1, 0.15) is 5.56 Å². The van der Waals surface area contributed by atoms with Gasteiger partial charge in [0.15, 0.2) is 0 Å². The Hall–Kier alpha value is -2.32. The number of hydrogen-bond acceptors (Lipinski definition) is 5. The summed E-state index contributed by atoms with van der Waals surface area (Å²) in [5.74, 6) is -1.83. The van der Waals surface area contributed by atoms with E-state index in [1.165, 1.54) is 28.8 Å². The van der Waals surface area contributed by atoms with Gasteiger partial charge in [-0.2, -0.15) is 0 Å². The summed E-state index contributed by atoms with van der Waals surface area (Å²) in [6, 6.07) is 7.20. The minimum atomic E-state index is -2.20. The van der Waals surface area contributed by atoms with E-state index in [1.54, 1.807) is 24.4 Å². The molecule has 126 valence electrons. The number of carbonyl (C=O) groups is 3. The molecule has 2 aliphatic heterocycles. The molecule has 2 N–H and O–H groups in total. The Bertz CT molecular complexity index is 708. The highest BCUT2D eigenvalue weighted by atomic mass is 32.2. The maximum Gasteiger partial charge on any atom is 0.350 e. The lowest BCUT2D eigenvalue weighted by molar-refractivity contribution is -0.173. The first kappa shape index (κ1) is 16.5. The summed E-state index contributed by atoms with van der Waals surface area (Å²) in [6.07, 6.45) is 3.54. The predicted octanol–water partition coefficient (Wildman–Crippen LogP) is 0.527. The van der Waals surface area contributed by atoms with Crippen LogP contribution in [0.5, 0.6) is 0 Å². The summed E-state index contributed by atoms with van der Waals surface area (Å²) in [5.41, 5.74) is -2.01. The predicted molar refractivity (Wildman–Crippen MR) is 86.9 cm³/mol. The van der Waals surface area contributed by atoms with Gasteiger partial charge in [-0.3, -0.25) is 9.59 Å². The van der Waals surface area contributed by atoms with E-state index in [9.17, 15) is 19.5 Å². The molecule has 0 aromatic heterocycles. The van der Waals surface area contributed by atoms with Crippen molar-refractivity contribution in [3.05, 3.63) is 48.2 Å². The second-order valence-electron chi connectivity index (χ2n) is 5.36. The maximum absolute atomic E-state index is 12.7. The molecule has 2 amide bonds. The van der Waals surface area contributed by atoms with Gasteiger partial charge < -0.3 is 20.1 Å². The Kier molecular flexibility index (Phi) is 4.33. The van der Waals surface area contributed by atoms with Crippen LogP contribution in [0.3, 0.4) is 0 Å². The molecule has 1 saturated heterocycles. The summed E-state index contributed by atoms with van der Waals surface area (Å²) in [6.45, 7) is 0. The Labute approximate surface area is 142 Å². The number of amides is 2. The normalized spacial score (nSPS) is 24.5. The first-order valence-electron chi connectivity index (χ1n) is 7.28. The van der Waals surface area contributed by atoms with Crippen molar-refractivity contribution in [2.75, 3.05) is 12.9 Å². The van der Waals surface area contributed by atoms with Crippen molar-refractivity contribution in [1.29, 1.82) is 0 Å². The zero-order valence-electron chi connectivity index (χ0n) is 12.8. The van der Waals surface area contributed by atoms with Crippen LogP contribution in [-0.2, 0) is 24.7 Å². The third kappa shape index (κ3) is 2.38. The molecule has 0 spiro atoms. The SMILES string of the molecule is COC(C(=O)O)(C(=O)NC1C(=O)N2C=CCS[C@@H]12)c1ccccc1. The molecule has 7 nitrogen and oxygen atoms in total. The van der Waals surface area contributed by atoms with Gasteiger partial charge >= 0.3 is 5.97 Å². The number of thioether (sulfide) groups is 1. The third-order valence-corrected chi connectivity index (χ3v) is 5.33. The van der Waals surface area contributed by atoms with Gasteiger partial charge in [0, 0.05) is 24.6 Å². The van der Waals surface area contributed by atoms with Crippen molar-refractivity contribution in [3.8, 4) is 0 Å². The van der Waals surface area contributed by atoms with Crippen molar-refractivity contribution in [2.45, 2.75) is 17.0 Å². The van der Waals surface area contributed by atoms with E-state index in [-0.39, 0.29) is 16.8 Å². The molecule has 0 bridgehead atoms. The molecule has 8 heteroatoms. The Morgan fingerprint density at radius 2 is 2.08 bits per heavy atom. The summed E-state index contributed by atoms with van der Waals surface area (Å²) in [5, 5.41) is 12.0. The van der Waals surface area contributed by atoms with Crippen LogP contribution in [-0.4, -0.2) is 52.1 Å². The lowest BCUT2D eigenvalue weighted by Gasteiger charge is -2.47. The van der Waals surface area contributed by atoms with Crippen LogP contribution in [0.2, 0.25) is 0 Å². The van der Waals surface area contributed by atoms with Crippen LogP contribution in [0.15, 0.2) is 42.6 Å². The molecule has 0 aliphatic carbocycles. The average Bonchev–Trinajstić information content (AvgIpc) is 2.61. The quantitative estimate of drug-likeness (QED) is 0.595. The number of aliphatic carboxylic acids is 1. The van der Waals surface area contributed by atoms with Gasteiger partial charge in [-0.1, -0.05) is 36.4 Å². The lowest BCUT2D eigenvalue weighted by atomic mass is 9.91. The zero-order chi connectivity index (χ0) is 17.3. The standard InChI is InChI=1S/C16H16N2O5S/c1-23-16(15(21)22,10-6-3-2-4-7-10)14(20)17-11-12(19)18-8-5-9-24-13(11)18/h2-8,11,13H,9H2,1H3,(H,17,20)(H,21,22)/t11?,13-,16?/m0/s1. The molecule has 1 aromatic rings. The van der Waals surface area contributed by atoms with Crippen LogP contribution < -0.4 is 5.32 Å². The molecule has 2 aliphatic rings. The van der Waals surface area contributed by atoms with Gasteiger partial charge in [0.2, 0.25) is 0 Å². The fourth-order valence-corrected chi connectivity index (χ4v) is 3.94. The van der Waals surface area contributed by atoms with Crippen LogP contribution in [0.25, 0.3) is 0 Å². The summed E-state index contributed by atoms with van der Waals surface area (Å²) >= 11 is 1.50. The number of methoxy groups -OCH3 is 1. The summed E-state index contributed by atoms with van der Waals surface area (Å²) in [7, 11) is 1.16. The molecular formula is C16H16N2O5S. The van der Waals surface area contributed by atoms with Crippen LogP contribution >= 0.6 is 11.8 Å². The van der Waals surface area contributed by atoms with E-state index < -0.39 is 23.5 Å². The fraction of sp³-hybridized carbons (Fsp3) is 0.312. The second-order valence-corrected chi connectivity index (χ2v) is 6.51. The molecular weight excluding hydrogens is 332 g/mol. The molecule has 2 heterocycles. The number of nitrogens with one attached hydrogen (secondary N) is 1. The van der Waals surface area contributed by atoms with Crippen molar-refractivity contribution >= 4 is 29.5 Å². The number of carboxylic acids is 1. The van der Waals surface area contributed by atoms with Gasteiger partial charge in [-0.25, -0.2) is 4.79 Å². The van der Waals surface area contributed by atoms with Crippen molar-refractivity contribution < 1.29 is 24.2 Å². The van der Waals surface area contributed by atoms with E-state index in [0.717, 1.165) is 12.9 Å². The number of nitrogens with zero attached hydrogens (tertiary/aromatic N) is 1. The van der Waals surface area contributed by atoms with E-state index in [2.05, 4.69) is 5.32 Å². The van der Waals surface area contributed by atoms with Crippen LogP contribution in [0, 0.1) is 0 Å². The Balaban J connectivity index is 1.87. The van der Waals surface area contributed by atoms with E-state index in [1.807, 2.05) is 6.08 Å². The van der Waals surface area contributed by atoms with Gasteiger partial charge in [0.1, 0.15) is 11.4 Å². The first-order valence-corrected chi connectivity index (χ1v) is 8.32. The highest BCUT2D eigenvalue weighted by Gasteiger charge is 2.54. The van der Waals surface area contributed by atoms with Gasteiger partial charge in [0.05, 0.1) is 0 Å². The smallest absolute Gasteiger partial charge is 0.350 e. The molecule has 3 atom stereocenters. The zero-order valence-corrected chi connectivity index (χ0v) is 13.7. The second kappa shape index (κ2) is 6.29. The largest absolute Gasteiger partial charge is 0.478 e. The number of benzene rings is 1. The molecule has 0 radical (unpaired) electrons. The number of rotatable bonds is 5. The number of fused-ring (bicyclic) bond motifs is 1. The van der Waals surface area contributed by atoms with Crippen molar-refractivity contribution in [2.24, 2.45) is 0 Å². The Morgan fingerprint density at radius 1 is 1.38 bits per heavy atom. The number of carboxylic acid groups (broad SMARTS) is 1. The molecule has 1 aromatic carbocycles. The first-order chi connectivity index (χ1) is 11.5. The maximum atomic E-state index is 12.7.